The molecule has 2 saturated heterocycles. The van der Waals surface area contributed by atoms with Crippen LogP contribution in [0.1, 0.15) is 42.2 Å². The van der Waals surface area contributed by atoms with Crippen molar-refractivity contribution in [3.8, 4) is 11.6 Å². The molecule has 1 atom stereocenters. The maximum atomic E-state index is 14.5. The van der Waals surface area contributed by atoms with Gasteiger partial charge in [-0.15, -0.1) is 0 Å². The predicted octanol–water partition coefficient (Wildman–Crippen LogP) is 4.46. The van der Waals surface area contributed by atoms with Crippen LogP contribution in [-0.4, -0.2) is 52.1 Å². The lowest BCUT2D eigenvalue weighted by Gasteiger charge is -2.39. The number of nitrogen functional groups attached to an aromatic ring is 1. The largest absolute Gasteiger partial charge is 0.459 e. The summed E-state index contributed by atoms with van der Waals surface area (Å²) in [6.07, 6.45) is -0.876. The van der Waals surface area contributed by atoms with Gasteiger partial charge in [-0.3, -0.25) is 0 Å². The number of nitrogens with two attached hydrogens (primary N) is 1. The summed E-state index contributed by atoms with van der Waals surface area (Å²) in [5, 5.41) is 7.73. The number of piperidine rings is 1. The van der Waals surface area contributed by atoms with Gasteiger partial charge in [-0.05, 0) is 61.9 Å². The quantitative estimate of drug-likeness (QED) is 0.503. The molecule has 3 N–H and O–H groups in total. The number of ether oxygens (including phenoxy) is 1. The first-order valence-electron chi connectivity index (χ1n) is 12.3. The van der Waals surface area contributed by atoms with E-state index in [1.54, 1.807) is 31.3 Å². The highest BCUT2D eigenvalue weighted by Crippen LogP contribution is 2.41. The van der Waals surface area contributed by atoms with E-state index in [0.29, 0.717) is 17.1 Å². The fraction of sp³-hybridized carbons (Fsp3) is 0.423. The molecule has 2 aliphatic heterocycles. The van der Waals surface area contributed by atoms with Crippen LogP contribution in [0.15, 0.2) is 43.1 Å². The maximum absolute atomic E-state index is 14.5. The Balaban J connectivity index is 1.47. The molecule has 0 bridgehead atoms. The van der Waals surface area contributed by atoms with Crippen LogP contribution in [0.25, 0.3) is 11.8 Å². The zero-order valence-electron chi connectivity index (χ0n) is 20.6. The third-order valence-electron chi connectivity index (χ3n) is 7.26. The summed E-state index contributed by atoms with van der Waals surface area (Å²) in [4.78, 5) is 10.3. The number of rotatable bonds is 6. The molecule has 8 nitrogen and oxygen atoms in total. The second-order valence-corrected chi connectivity index (χ2v) is 9.80. The molecule has 1 spiro atoms. The van der Waals surface area contributed by atoms with Gasteiger partial charge in [0.05, 0.1) is 11.4 Å². The highest BCUT2D eigenvalue weighted by Gasteiger charge is 2.45. The van der Waals surface area contributed by atoms with Crippen molar-refractivity contribution in [2.45, 2.75) is 38.5 Å². The maximum Gasteiger partial charge on any atom is 0.429 e. The van der Waals surface area contributed by atoms with Gasteiger partial charge in [0.1, 0.15) is 5.82 Å². The van der Waals surface area contributed by atoms with Gasteiger partial charge in [-0.25, -0.2) is 4.68 Å². The number of nitrogens with one attached hydrogen (secondary N) is 1. The van der Waals surface area contributed by atoms with Crippen molar-refractivity contribution in [1.29, 1.82) is 0 Å². The highest BCUT2D eigenvalue weighted by molar-refractivity contribution is 5.55. The highest BCUT2D eigenvalue weighted by atomic mass is 19.4. The smallest absolute Gasteiger partial charge is 0.429 e. The molecule has 5 rings (SSSR count). The van der Waals surface area contributed by atoms with E-state index in [2.05, 4.69) is 27.0 Å². The third kappa shape index (κ3) is 5.27. The number of hydrogen-bond donors (Lipinski definition) is 2. The Morgan fingerprint density at radius 2 is 1.95 bits per heavy atom. The minimum Gasteiger partial charge on any atom is -0.459 e. The van der Waals surface area contributed by atoms with Crippen molar-refractivity contribution in [3.63, 3.8) is 0 Å². The van der Waals surface area contributed by atoms with Crippen molar-refractivity contribution >= 4 is 17.8 Å². The SMILES string of the molecule is C=Cc1ccc(-n2ccc(C)n2)c([C@@H](Oc2cc(N3CCC4(CCNC4)CC3)nc(N)n2)C(F)(F)F)c1. The molecular weight excluding hydrogens is 483 g/mol. The molecule has 0 saturated carbocycles. The molecule has 2 aliphatic rings. The van der Waals surface area contributed by atoms with Gasteiger partial charge in [0, 0.05) is 37.5 Å². The minimum atomic E-state index is -4.75. The molecule has 0 aliphatic carbocycles. The average Bonchev–Trinajstić information content (AvgIpc) is 3.50. The summed E-state index contributed by atoms with van der Waals surface area (Å²) in [5.41, 5.74) is 7.54. The number of aryl methyl sites for hydroxylation is 1. The van der Waals surface area contributed by atoms with Gasteiger partial charge >= 0.3 is 6.18 Å². The van der Waals surface area contributed by atoms with Gasteiger partial charge < -0.3 is 20.7 Å². The average molecular weight is 514 g/mol. The number of aromatic nitrogens is 4. The molecule has 3 aromatic rings. The molecule has 196 valence electrons. The van der Waals surface area contributed by atoms with Crippen LogP contribution < -0.4 is 20.7 Å². The fourth-order valence-corrected chi connectivity index (χ4v) is 5.18. The van der Waals surface area contributed by atoms with Crippen LogP contribution in [0.5, 0.6) is 5.88 Å². The Bertz CT molecular complexity index is 1270. The molecule has 11 heteroatoms. The van der Waals surface area contributed by atoms with Gasteiger partial charge in [0.2, 0.25) is 17.9 Å². The standard InChI is InChI=1S/C26H30F3N7O/c1-3-18-4-5-20(36-11-6-17(2)34-36)19(14-18)23(26(27,28)29)37-22-15-21(32-24(30)33-22)35-12-8-25(9-13-35)7-10-31-16-25/h3-6,11,14-15,23,31H,1,7-10,12-13,16H2,2H3,(H2,30,32,33)/t23-/m1/s1. The fourth-order valence-electron chi connectivity index (χ4n) is 5.18. The van der Waals surface area contributed by atoms with Crippen LogP contribution in [0.3, 0.4) is 0 Å². The van der Waals surface area contributed by atoms with Gasteiger partial charge in [0.25, 0.3) is 0 Å². The van der Waals surface area contributed by atoms with E-state index in [4.69, 9.17) is 10.5 Å². The molecule has 1 aromatic carbocycles. The van der Waals surface area contributed by atoms with Crippen molar-refractivity contribution in [2.24, 2.45) is 5.41 Å². The monoisotopic (exact) mass is 513 g/mol. The van der Waals surface area contributed by atoms with Crippen molar-refractivity contribution in [3.05, 3.63) is 59.9 Å². The predicted molar refractivity (Wildman–Crippen MR) is 136 cm³/mol. The molecule has 4 heterocycles. The van der Waals surface area contributed by atoms with Crippen LogP contribution in [0.2, 0.25) is 0 Å². The van der Waals surface area contributed by atoms with Crippen LogP contribution in [0.4, 0.5) is 24.9 Å². The first-order valence-corrected chi connectivity index (χ1v) is 12.3. The van der Waals surface area contributed by atoms with E-state index >= 15 is 0 Å². The number of nitrogens with zero attached hydrogens (tertiary/aromatic N) is 5. The molecular formula is C26H30F3N7O. The molecule has 37 heavy (non-hydrogen) atoms. The summed E-state index contributed by atoms with van der Waals surface area (Å²) in [5.74, 6) is 0.0882. The normalized spacial score (nSPS) is 18.2. The molecule has 0 radical (unpaired) electrons. The number of hydrogen-bond acceptors (Lipinski definition) is 7. The Kier molecular flexibility index (Phi) is 6.57. The number of benzene rings is 1. The lowest BCUT2D eigenvalue weighted by Crippen LogP contribution is -2.41. The van der Waals surface area contributed by atoms with Gasteiger partial charge in [-0.1, -0.05) is 18.7 Å². The summed E-state index contributed by atoms with van der Waals surface area (Å²) >= 11 is 0. The Morgan fingerprint density at radius 1 is 1.16 bits per heavy atom. The summed E-state index contributed by atoms with van der Waals surface area (Å²) < 4.78 is 50.4. The number of halogens is 3. The Hall–Kier alpha value is -3.60. The first-order chi connectivity index (χ1) is 17.7. The van der Waals surface area contributed by atoms with E-state index in [1.807, 2.05) is 4.90 Å². The van der Waals surface area contributed by atoms with Crippen LogP contribution >= 0.6 is 0 Å². The summed E-state index contributed by atoms with van der Waals surface area (Å²) in [6.45, 7) is 8.96. The van der Waals surface area contributed by atoms with E-state index in [1.165, 1.54) is 22.9 Å². The van der Waals surface area contributed by atoms with Crippen molar-refractivity contribution in [1.82, 2.24) is 25.1 Å². The van der Waals surface area contributed by atoms with Crippen molar-refractivity contribution in [2.75, 3.05) is 36.8 Å². The summed E-state index contributed by atoms with van der Waals surface area (Å²) in [6, 6.07) is 7.82. The lowest BCUT2D eigenvalue weighted by atomic mass is 9.78. The van der Waals surface area contributed by atoms with Crippen molar-refractivity contribution < 1.29 is 17.9 Å². The topological polar surface area (TPSA) is 94.1 Å². The molecule has 0 unspecified atom stereocenters. The molecule has 0 amide bonds. The zero-order valence-corrected chi connectivity index (χ0v) is 20.6. The summed E-state index contributed by atoms with van der Waals surface area (Å²) in [7, 11) is 0. The second kappa shape index (κ2) is 9.70. The van der Waals surface area contributed by atoms with E-state index < -0.39 is 12.3 Å². The third-order valence-corrected chi connectivity index (χ3v) is 7.26. The first kappa shape index (κ1) is 25.1. The zero-order chi connectivity index (χ0) is 26.2. The molecule has 2 fully saturated rings. The number of alkyl halides is 3. The van der Waals surface area contributed by atoms with Gasteiger partial charge in [-0.2, -0.15) is 28.2 Å². The van der Waals surface area contributed by atoms with E-state index in [9.17, 15) is 13.2 Å². The minimum absolute atomic E-state index is 0.111. The molecule has 2 aromatic heterocycles. The lowest BCUT2D eigenvalue weighted by molar-refractivity contribution is -0.198. The Morgan fingerprint density at radius 3 is 2.57 bits per heavy atom. The van der Waals surface area contributed by atoms with E-state index in [0.717, 1.165) is 45.4 Å². The van der Waals surface area contributed by atoms with E-state index in [-0.39, 0.29) is 28.5 Å². The number of anilines is 2. The Labute approximate surface area is 213 Å². The van der Waals surface area contributed by atoms with Gasteiger partial charge in [0.15, 0.2) is 0 Å². The second-order valence-electron chi connectivity index (χ2n) is 9.80. The van der Waals surface area contributed by atoms with Crippen LogP contribution in [0, 0.1) is 12.3 Å². The van der Waals surface area contributed by atoms with Crippen LogP contribution in [-0.2, 0) is 0 Å².